The van der Waals surface area contributed by atoms with Crippen LogP contribution >= 0.6 is 31.9 Å². The van der Waals surface area contributed by atoms with Crippen molar-refractivity contribution in [2.45, 2.75) is 13.8 Å². The van der Waals surface area contributed by atoms with Gasteiger partial charge in [0.1, 0.15) is 0 Å². The molecule has 1 aromatic rings. The van der Waals surface area contributed by atoms with Gasteiger partial charge in [-0.1, -0.05) is 12.1 Å². The lowest BCUT2D eigenvalue weighted by atomic mass is 10.2. The maximum Gasteiger partial charge on any atom is 0.0610 e. The van der Waals surface area contributed by atoms with Gasteiger partial charge >= 0.3 is 0 Å². The second kappa shape index (κ2) is 6.33. The average molecular weight is 333 g/mol. The first-order valence-corrected chi connectivity index (χ1v) is 6.63. The Morgan fingerprint density at radius 2 is 1.67 bits per heavy atom. The Morgan fingerprint density at radius 1 is 1.13 bits per heavy atom. The fourth-order valence-electron chi connectivity index (χ4n) is 1.50. The molecule has 1 rings (SSSR count). The van der Waals surface area contributed by atoms with Crippen LogP contribution in [0.25, 0.3) is 6.08 Å². The van der Waals surface area contributed by atoms with Gasteiger partial charge in [0.2, 0.25) is 0 Å². The summed E-state index contributed by atoms with van der Waals surface area (Å²) in [6, 6.07) is 8.55. The van der Waals surface area contributed by atoms with Crippen LogP contribution in [-0.4, -0.2) is 13.1 Å². The number of halogens is 2. The minimum absolute atomic E-state index is 0.964. The summed E-state index contributed by atoms with van der Waals surface area (Å²) in [7, 11) is 0. The van der Waals surface area contributed by atoms with Gasteiger partial charge in [-0.3, -0.25) is 0 Å². The van der Waals surface area contributed by atoms with Crippen LogP contribution in [0.3, 0.4) is 0 Å². The maximum absolute atomic E-state index is 3.35. The highest BCUT2D eigenvalue weighted by molar-refractivity contribution is 9.28. The first-order valence-electron chi connectivity index (χ1n) is 5.05. The molecule has 0 atom stereocenters. The van der Waals surface area contributed by atoms with Crippen molar-refractivity contribution in [2.24, 2.45) is 0 Å². The van der Waals surface area contributed by atoms with Crippen molar-refractivity contribution in [3.05, 3.63) is 33.2 Å². The zero-order chi connectivity index (χ0) is 11.3. The van der Waals surface area contributed by atoms with Gasteiger partial charge in [-0.25, -0.2) is 0 Å². The molecule has 0 bridgehead atoms. The van der Waals surface area contributed by atoms with Crippen molar-refractivity contribution in [1.29, 1.82) is 0 Å². The predicted molar refractivity (Wildman–Crippen MR) is 75.8 cm³/mol. The van der Waals surface area contributed by atoms with Gasteiger partial charge in [-0.15, -0.1) is 0 Å². The van der Waals surface area contributed by atoms with E-state index in [0.29, 0.717) is 0 Å². The number of nitrogens with zero attached hydrogens (tertiary/aromatic N) is 1. The first kappa shape index (κ1) is 12.8. The van der Waals surface area contributed by atoms with Crippen LogP contribution in [0.4, 0.5) is 5.69 Å². The molecule has 0 heterocycles. The normalized spacial score (nSPS) is 9.87. The summed E-state index contributed by atoms with van der Waals surface area (Å²) in [5.41, 5.74) is 2.47. The molecule has 0 unspecified atom stereocenters. The van der Waals surface area contributed by atoms with Crippen LogP contribution in [0, 0.1) is 0 Å². The van der Waals surface area contributed by atoms with Crippen molar-refractivity contribution >= 4 is 43.6 Å². The Morgan fingerprint density at radius 3 is 2.07 bits per heavy atom. The number of benzene rings is 1. The Labute approximate surface area is 108 Å². The number of rotatable bonds is 4. The van der Waals surface area contributed by atoms with E-state index in [2.05, 4.69) is 74.9 Å². The van der Waals surface area contributed by atoms with E-state index < -0.39 is 0 Å². The van der Waals surface area contributed by atoms with E-state index >= 15 is 0 Å². The lowest BCUT2D eigenvalue weighted by molar-refractivity contribution is 0.866. The minimum Gasteiger partial charge on any atom is -0.372 e. The molecule has 15 heavy (non-hydrogen) atoms. The molecular weight excluding hydrogens is 318 g/mol. The van der Waals surface area contributed by atoms with Crippen molar-refractivity contribution in [1.82, 2.24) is 0 Å². The van der Waals surface area contributed by atoms with E-state index in [9.17, 15) is 0 Å². The molecule has 0 radical (unpaired) electrons. The summed E-state index contributed by atoms with van der Waals surface area (Å²) in [6.45, 7) is 6.44. The quantitative estimate of drug-likeness (QED) is 0.777. The molecule has 0 amide bonds. The third kappa shape index (κ3) is 3.99. The summed E-state index contributed by atoms with van der Waals surface area (Å²) in [5, 5.41) is 0. The Bertz CT molecular complexity index is 322. The van der Waals surface area contributed by atoms with Gasteiger partial charge in [0, 0.05) is 18.8 Å². The molecule has 3 heteroatoms. The third-order valence-corrected chi connectivity index (χ3v) is 2.76. The molecule has 1 nitrogen and oxygen atoms in total. The third-order valence-electron chi connectivity index (χ3n) is 2.30. The second-order valence-corrected chi connectivity index (χ2v) is 5.97. The molecule has 0 aromatic heterocycles. The molecule has 0 saturated heterocycles. The molecule has 0 N–H and O–H groups in total. The van der Waals surface area contributed by atoms with Crippen molar-refractivity contribution in [3.8, 4) is 0 Å². The van der Waals surface area contributed by atoms with E-state index in [1.54, 1.807) is 0 Å². The Kier molecular flexibility index (Phi) is 5.40. The van der Waals surface area contributed by atoms with Crippen molar-refractivity contribution in [2.75, 3.05) is 18.0 Å². The zero-order valence-corrected chi connectivity index (χ0v) is 12.2. The van der Waals surface area contributed by atoms with Gasteiger partial charge in [0.15, 0.2) is 0 Å². The van der Waals surface area contributed by atoms with Crippen molar-refractivity contribution < 1.29 is 0 Å². The number of hydrogen-bond donors (Lipinski definition) is 0. The Hall–Kier alpha value is -0.280. The largest absolute Gasteiger partial charge is 0.372 e. The zero-order valence-electron chi connectivity index (χ0n) is 9.00. The van der Waals surface area contributed by atoms with Gasteiger partial charge < -0.3 is 4.90 Å². The van der Waals surface area contributed by atoms with E-state index in [4.69, 9.17) is 0 Å². The highest BCUT2D eigenvalue weighted by Gasteiger charge is 2.00. The monoisotopic (exact) mass is 331 g/mol. The fourth-order valence-corrected chi connectivity index (χ4v) is 2.02. The number of hydrogen-bond acceptors (Lipinski definition) is 1. The van der Waals surface area contributed by atoms with E-state index in [-0.39, 0.29) is 0 Å². The Balaban J connectivity index is 2.84. The first-order chi connectivity index (χ1) is 7.17. The molecule has 1 aromatic carbocycles. The smallest absolute Gasteiger partial charge is 0.0610 e. The van der Waals surface area contributed by atoms with Crippen LogP contribution in [0.15, 0.2) is 27.7 Å². The van der Waals surface area contributed by atoms with Crippen LogP contribution < -0.4 is 4.90 Å². The summed E-state index contributed by atoms with van der Waals surface area (Å²) in [6.07, 6.45) is 2.03. The molecular formula is C12H15Br2N. The maximum atomic E-state index is 3.35. The van der Waals surface area contributed by atoms with Crippen LogP contribution in [-0.2, 0) is 0 Å². The number of anilines is 1. The van der Waals surface area contributed by atoms with Crippen LogP contribution in [0.2, 0.25) is 0 Å². The van der Waals surface area contributed by atoms with Crippen LogP contribution in [0.1, 0.15) is 19.4 Å². The molecule has 0 spiro atoms. The lowest BCUT2D eigenvalue weighted by Gasteiger charge is -2.20. The molecule has 0 aliphatic carbocycles. The summed E-state index contributed by atoms with van der Waals surface area (Å²) >= 11 is 6.71. The highest BCUT2D eigenvalue weighted by atomic mass is 79.9. The van der Waals surface area contributed by atoms with E-state index in [1.165, 1.54) is 11.3 Å². The van der Waals surface area contributed by atoms with E-state index in [0.717, 1.165) is 16.5 Å². The van der Waals surface area contributed by atoms with Crippen molar-refractivity contribution in [3.63, 3.8) is 0 Å². The summed E-state index contributed by atoms with van der Waals surface area (Å²) in [5.74, 6) is 0. The SMILES string of the molecule is CCN(CC)c1ccc(C=C(Br)Br)cc1. The summed E-state index contributed by atoms with van der Waals surface area (Å²) in [4.78, 5) is 2.33. The second-order valence-electron chi connectivity index (χ2n) is 3.20. The highest BCUT2D eigenvalue weighted by Crippen LogP contribution is 2.20. The molecule has 0 aliphatic rings. The van der Waals surface area contributed by atoms with Gasteiger partial charge in [0.25, 0.3) is 0 Å². The average Bonchev–Trinajstić information content (AvgIpc) is 2.21. The molecule has 0 fully saturated rings. The van der Waals surface area contributed by atoms with Crippen LogP contribution in [0.5, 0.6) is 0 Å². The van der Waals surface area contributed by atoms with Gasteiger partial charge in [-0.05, 0) is 69.5 Å². The van der Waals surface area contributed by atoms with Gasteiger partial charge in [-0.2, -0.15) is 0 Å². The topological polar surface area (TPSA) is 3.24 Å². The molecule has 82 valence electrons. The summed E-state index contributed by atoms with van der Waals surface area (Å²) < 4.78 is 0.964. The fraction of sp³-hybridized carbons (Fsp3) is 0.333. The standard InChI is InChI=1S/C12H15Br2N/c1-3-15(4-2)11-7-5-10(6-8-11)9-12(13)14/h5-9H,3-4H2,1-2H3. The lowest BCUT2D eigenvalue weighted by Crippen LogP contribution is -2.21. The van der Waals surface area contributed by atoms with E-state index in [1.807, 2.05) is 6.08 Å². The molecule has 0 saturated carbocycles. The predicted octanol–water partition coefficient (Wildman–Crippen LogP) is 4.62. The minimum atomic E-state index is 0.964. The van der Waals surface area contributed by atoms with Gasteiger partial charge in [0.05, 0.1) is 3.39 Å². The molecule has 0 aliphatic heterocycles.